The van der Waals surface area contributed by atoms with Gasteiger partial charge in [-0.1, -0.05) is 60.7 Å². The summed E-state index contributed by atoms with van der Waals surface area (Å²) in [6.07, 6.45) is -0.220. The van der Waals surface area contributed by atoms with Crippen LogP contribution in [0.15, 0.2) is 109 Å². The normalized spacial score (nSPS) is 10.5. The molecule has 0 unspecified atom stereocenters. The first kappa shape index (κ1) is 35.1. The van der Waals surface area contributed by atoms with Crippen molar-refractivity contribution in [2.45, 2.75) is 6.42 Å². The second kappa shape index (κ2) is 15.3. The Labute approximate surface area is 284 Å². The summed E-state index contributed by atoms with van der Waals surface area (Å²) in [7, 11) is 0. The summed E-state index contributed by atoms with van der Waals surface area (Å²) in [6.45, 7) is 7.29. The number of benzene rings is 6. The van der Waals surface area contributed by atoms with E-state index >= 15 is 22.0 Å². The first-order valence-electron chi connectivity index (χ1n) is 15.0. The monoisotopic (exact) mass is 676 g/mol. The molecule has 50 heavy (non-hydrogen) atoms. The first-order chi connectivity index (χ1) is 24.1. The highest BCUT2D eigenvalue weighted by molar-refractivity contribution is 5.74. The lowest BCUT2D eigenvalue weighted by Crippen LogP contribution is -2.08. The predicted molar refractivity (Wildman–Crippen MR) is 181 cm³/mol. The Hall–Kier alpha value is -6.20. The molecule has 0 aromatic heterocycles. The van der Waals surface area contributed by atoms with E-state index in [4.69, 9.17) is 11.8 Å². The van der Waals surface area contributed by atoms with Gasteiger partial charge in [0.2, 0.25) is 0 Å². The van der Waals surface area contributed by atoms with E-state index in [1.54, 1.807) is 24.3 Å². The van der Waals surface area contributed by atoms with E-state index in [9.17, 15) is 4.39 Å². The molecule has 6 rings (SSSR count). The fourth-order valence-electron chi connectivity index (χ4n) is 5.49. The zero-order chi connectivity index (χ0) is 35.9. The Morgan fingerprint density at radius 1 is 0.520 bits per heavy atom. The summed E-state index contributed by atoms with van der Waals surface area (Å²) in [6, 6.07) is 26.1. The van der Waals surface area contributed by atoms with Crippen LogP contribution in [0.25, 0.3) is 49.4 Å². The standard InChI is InChI=1S/C39H20F6N2.CH6N2/c1-47-29-10-6-26(7-11-29)31-13-9-28(20-33(31)41)39-36(44)17-24(18-37(39)45)14-23-15-34(42)38(35(43)16-23)27-8-12-30(32(40)19-27)25-4-2-22(21-46)3-5-25;2-1-3/h2-13,15-20H,14H2;1-3H2. The summed E-state index contributed by atoms with van der Waals surface area (Å²) >= 11 is 0. The molecule has 0 atom stereocenters. The topological polar surface area (TPSA) is 80.2 Å². The van der Waals surface area contributed by atoms with Gasteiger partial charge in [0.15, 0.2) is 5.69 Å². The van der Waals surface area contributed by atoms with E-state index in [0.717, 1.165) is 36.4 Å². The molecule has 10 heteroatoms. The van der Waals surface area contributed by atoms with Crippen molar-refractivity contribution in [3.8, 4) is 50.6 Å². The van der Waals surface area contributed by atoms with E-state index in [1.807, 2.05) is 6.07 Å². The third-order valence-electron chi connectivity index (χ3n) is 7.76. The van der Waals surface area contributed by atoms with Crippen molar-refractivity contribution in [1.82, 2.24) is 0 Å². The molecule has 6 aromatic rings. The third kappa shape index (κ3) is 7.58. The van der Waals surface area contributed by atoms with Crippen LogP contribution in [-0.2, 0) is 6.42 Å². The Morgan fingerprint density at radius 2 is 0.880 bits per heavy atom. The lowest BCUT2D eigenvalue weighted by Gasteiger charge is -2.12. The van der Waals surface area contributed by atoms with Gasteiger partial charge < -0.3 is 11.5 Å². The maximum atomic E-state index is 15.2. The highest BCUT2D eigenvalue weighted by atomic mass is 19.2. The molecule has 0 fully saturated rings. The first-order valence-corrected chi connectivity index (χ1v) is 15.0. The number of halogens is 6. The van der Waals surface area contributed by atoms with Crippen LogP contribution in [0.4, 0.5) is 32.0 Å². The highest BCUT2D eigenvalue weighted by Gasteiger charge is 2.19. The van der Waals surface area contributed by atoms with Crippen molar-refractivity contribution in [1.29, 1.82) is 5.26 Å². The van der Waals surface area contributed by atoms with Crippen molar-refractivity contribution >= 4 is 5.69 Å². The smallest absolute Gasteiger partial charge is 0.187 e. The molecule has 0 radical (unpaired) electrons. The summed E-state index contributed by atoms with van der Waals surface area (Å²) < 4.78 is 90.9. The van der Waals surface area contributed by atoms with Crippen molar-refractivity contribution in [3.63, 3.8) is 0 Å². The van der Waals surface area contributed by atoms with Crippen LogP contribution in [0.3, 0.4) is 0 Å². The molecule has 0 aliphatic rings. The highest BCUT2D eigenvalue weighted by Crippen LogP contribution is 2.35. The lowest BCUT2D eigenvalue weighted by atomic mass is 9.95. The minimum atomic E-state index is -0.984. The van der Waals surface area contributed by atoms with E-state index in [1.165, 1.54) is 48.5 Å². The van der Waals surface area contributed by atoms with Crippen LogP contribution in [0, 0.1) is 52.8 Å². The van der Waals surface area contributed by atoms with E-state index < -0.39 is 46.0 Å². The Bertz CT molecular complexity index is 2060. The molecular weight excluding hydrogens is 650 g/mol. The third-order valence-corrected chi connectivity index (χ3v) is 7.76. The molecule has 248 valence electrons. The number of hydrogen-bond acceptors (Lipinski definition) is 3. The van der Waals surface area contributed by atoms with Gasteiger partial charge >= 0.3 is 0 Å². The van der Waals surface area contributed by atoms with Crippen LogP contribution in [0.1, 0.15) is 16.7 Å². The van der Waals surface area contributed by atoms with Gasteiger partial charge in [0.1, 0.15) is 34.9 Å². The Morgan fingerprint density at radius 3 is 1.22 bits per heavy atom. The molecule has 0 saturated carbocycles. The molecule has 0 amide bonds. The average molecular weight is 677 g/mol. The van der Waals surface area contributed by atoms with Crippen LogP contribution in [0.2, 0.25) is 0 Å². The van der Waals surface area contributed by atoms with Crippen LogP contribution in [0.5, 0.6) is 0 Å². The van der Waals surface area contributed by atoms with Gasteiger partial charge in [0.25, 0.3) is 0 Å². The number of nitriles is 1. The second-order valence-electron chi connectivity index (χ2n) is 11.0. The average Bonchev–Trinajstić information content (AvgIpc) is 3.08. The summed E-state index contributed by atoms with van der Waals surface area (Å²) in [5, 5.41) is 8.96. The summed E-state index contributed by atoms with van der Waals surface area (Å²) in [5.41, 5.74) is 10.6. The van der Waals surface area contributed by atoms with Gasteiger partial charge in [-0.15, -0.1) is 0 Å². The van der Waals surface area contributed by atoms with Gasteiger partial charge in [-0.25, -0.2) is 31.2 Å². The van der Waals surface area contributed by atoms with Crippen molar-refractivity contribution in [3.05, 3.63) is 172 Å². The van der Waals surface area contributed by atoms with Crippen molar-refractivity contribution in [2.75, 3.05) is 6.67 Å². The fraction of sp³-hybridized carbons (Fsp3) is 0.0500. The molecule has 4 nitrogen and oxygen atoms in total. The molecule has 6 aromatic carbocycles. The Balaban J connectivity index is 0.00000156. The number of nitrogens with zero attached hydrogens (tertiary/aromatic N) is 2. The van der Waals surface area contributed by atoms with Crippen LogP contribution in [-0.4, -0.2) is 6.67 Å². The SMILES string of the molecule is NCN.[C-]#[N+]c1ccc(-c2ccc(-c3c(F)cc(Cc4cc(F)c(-c5ccc(-c6ccc(C#N)cc6)c(F)c5)c(F)c4)cc3F)cc2F)cc1. The van der Waals surface area contributed by atoms with Crippen molar-refractivity contribution in [2.24, 2.45) is 11.5 Å². The van der Waals surface area contributed by atoms with Gasteiger partial charge in [0, 0.05) is 17.8 Å². The van der Waals surface area contributed by atoms with Crippen LogP contribution < -0.4 is 11.5 Å². The van der Waals surface area contributed by atoms with Crippen LogP contribution >= 0.6 is 0 Å². The molecule has 0 heterocycles. The molecular formula is C40H26F6N4. The largest absolute Gasteiger partial charge is 0.319 e. The molecule has 0 bridgehead atoms. The molecule has 0 aliphatic heterocycles. The number of nitrogens with two attached hydrogens (primary N) is 2. The quantitative estimate of drug-likeness (QED) is 0.105. The molecule has 0 saturated heterocycles. The Kier molecular flexibility index (Phi) is 10.8. The summed E-state index contributed by atoms with van der Waals surface area (Å²) in [4.78, 5) is 3.29. The minimum absolute atomic E-state index is 0.0375. The van der Waals surface area contributed by atoms with Gasteiger partial charge in [0.05, 0.1) is 29.3 Å². The maximum Gasteiger partial charge on any atom is 0.187 e. The maximum absolute atomic E-state index is 15.2. The van der Waals surface area contributed by atoms with E-state index in [-0.39, 0.29) is 46.5 Å². The zero-order valence-corrected chi connectivity index (χ0v) is 26.1. The minimum Gasteiger partial charge on any atom is -0.319 e. The number of rotatable bonds is 6. The van der Waals surface area contributed by atoms with E-state index in [0.29, 0.717) is 22.4 Å². The fourth-order valence-corrected chi connectivity index (χ4v) is 5.49. The molecule has 0 spiro atoms. The van der Waals surface area contributed by atoms with Gasteiger partial charge in [-0.05, 0) is 88.3 Å². The molecule has 0 aliphatic carbocycles. The van der Waals surface area contributed by atoms with E-state index in [2.05, 4.69) is 16.3 Å². The molecule has 4 N–H and O–H groups in total. The van der Waals surface area contributed by atoms with Gasteiger partial charge in [-0.2, -0.15) is 5.26 Å². The lowest BCUT2D eigenvalue weighted by molar-refractivity contribution is 0.583. The second-order valence-corrected chi connectivity index (χ2v) is 11.0. The number of hydrogen-bond donors (Lipinski definition) is 2. The zero-order valence-electron chi connectivity index (χ0n) is 26.1. The predicted octanol–water partition coefficient (Wildman–Crippen LogP) is 10.1. The van der Waals surface area contributed by atoms with Gasteiger partial charge in [-0.3, -0.25) is 0 Å². The summed E-state index contributed by atoms with van der Waals surface area (Å²) in [5.74, 6) is -5.36. The van der Waals surface area contributed by atoms with Crippen molar-refractivity contribution < 1.29 is 26.3 Å².